The summed E-state index contributed by atoms with van der Waals surface area (Å²) in [6, 6.07) is 11.9. The number of thioether (sulfide) groups is 1. The molecule has 0 spiro atoms. The van der Waals surface area contributed by atoms with Crippen molar-refractivity contribution in [2.75, 3.05) is 6.54 Å². The van der Waals surface area contributed by atoms with Gasteiger partial charge in [0.25, 0.3) is 5.91 Å². The minimum Gasteiger partial charge on any atom is -0.481 e. The molecule has 1 aliphatic heterocycles. The number of benzene rings is 1. The molecular weight excluding hydrogens is 382 g/mol. The van der Waals surface area contributed by atoms with Crippen LogP contribution >= 0.6 is 24.0 Å². The van der Waals surface area contributed by atoms with Crippen LogP contribution in [0.1, 0.15) is 31.1 Å². The second-order valence-corrected chi connectivity index (χ2v) is 7.76. The topological polar surface area (TPSA) is 70.8 Å². The zero-order valence-electron chi connectivity index (χ0n) is 14.8. The highest BCUT2D eigenvalue weighted by Gasteiger charge is 2.31. The van der Waals surface area contributed by atoms with E-state index in [0.29, 0.717) is 28.0 Å². The summed E-state index contributed by atoms with van der Waals surface area (Å²) in [6.45, 7) is 2.42. The molecule has 1 fully saturated rings. The van der Waals surface area contributed by atoms with E-state index in [1.807, 2.05) is 24.3 Å². The minimum atomic E-state index is -0.883. The Balaban J connectivity index is 1.71. The quantitative estimate of drug-likeness (QED) is 0.541. The fourth-order valence-electron chi connectivity index (χ4n) is 2.70. The van der Waals surface area contributed by atoms with Gasteiger partial charge < -0.3 is 9.52 Å². The van der Waals surface area contributed by atoms with Gasteiger partial charge in [-0.1, -0.05) is 55.2 Å². The van der Waals surface area contributed by atoms with Crippen molar-refractivity contribution in [2.24, 2.45) is 0 Å². The molecule has 0 aliphatic carbocycles. The van der Waals surface area contributed by atoms with Crippen LogP contribution in [0.2, 0.25) is 0 Å². The van der Waals surface area contributed by atoms with Crippen molar-refractivity contribution in [3.8, 4) is 11.3 Å². The third-order valence-corrected chi connectivity index (χ3v) is 5.57. The summed E-state index contributed by atoms with van der Waals surface area (Å²) in [6.07, 6.45) is 3.04. The number of rotatable bonds is 7. The zero-order chi connectivity index (χ0) is 19.4. The van der Waals surface area contributed by atoms with Gasteiger partial charge in [0.05, 0.1) is 4.91 Å². The van der Waals surface area contributed by atoms with Crippen molar-refractivity contribution in [2.45, 2.75) is 26.2 Å². The third-order valence-electron chi connectivity index (χ3n) is 4.19. The molecule has 0 atom stereocenters. The number of carbonyl (C=O) groups excluding carboxylic acids is 1. The van der Waals surface area contributed by atoms with E-state index in [2.05, 4.69) is 19.1 Å². The number of furan rings is 1. The minimum absolute atomic E-state index is 0.00841. The van der Waals surface area contributed by atoms with E-state index in [1.54, 1.807) is 6.08 Å². The van der Waals surface area contributed by atoms with Gasteiger partial charge in [0.15, 0.2) is 0 Å². The highest BCUT2D eigenvalue weighted by atomic mass is 32.2. The molecule has 2 aromatic rings. The lowest BCUT2D eigenvalue weighted by molar-refractivity contribution is -0.137. The predicted molar refractivity (Wildman–Crippen MR) is 110 cm³/mol. The number of carboxylic acid groups (broad SMARTS) is 1. The molecule has 3 rings (SSSR count). The molecule has 1 amide bonds. The number of carboxylic acids is 1. The summed E-state index contributed by atoms with van der Waals surface area (Å²) in [7, 11) is 0. The first-order chi connectivity index (χ1) is 13.0. The molecule has 1 aromatic heterocycles. The largest absolute Gasteiger partial charge is 0.481 e. The maximum absolute atomic E-state index is 12.5. The molecule has 5 nitrogen and oxygen atoms in total. The Morgan fingerprint density at radius 3 is 2.67 bits per heavy atom. The van der Waals surface area contributed by atoms with E-state index in [4.69, 9.17) is 21.7 Å². The molecular formula is C20H19NO4S2. The van der Waals surface area contributed by atoms with Gasteiger partial charge in [-0.2, -0.15) is 0 Å². The van der Waals surface area contributed by atoms with E-state index >= 15 is 0 Å². The average Bonchev–Trinajstić information content (AvgIpc) is 3.22. The first kappa shape index (κ1) is 19.4. The van der Waals surface area contributed by atoms with E-state index in [-0.39, 0.29) is 12.3 Å². The lowest BCUT2D eigenvalue weighted by Crippen LogP contribution is -2.29. The Labute approximate surface area is 167 Å². The standard InChI is InChI=1S/C20H19NO4S2/c1-2-13-5-7-14(8-6-13)16-10-9-15(25-16)12-17-19(24)21(20(26)27-17)11-3-4-18(22)23/h5-10,12H,2-4,11H2,1H3,(H,22,23)/b17-12+. The van der Waals surface area contributed by atoms with Gasteiger partial charge in [-0.15, -0.1) is 0 Å². The SMILES string of the molecule is CCc1ccc(-c2ccc(/C=C3/SC(=S)N(CCCC(=O)O)C3=O)o2)cc1. The first-order valence-electron chi connectivity index (χ1n) is 8.64. The Morgan fingerprint density at radius 2 is 2.00 bits per heavy atom. The van der Waals surface area contributed by atoms with Crippen molar-refractivity contribution < 1.29 is 19.1 Å². The van der Waals surface area contributed by atoms with Gasteiger partial charge in [0.2, 0.25) is 0 Å². The predicted octanol–water partition coefficient (Wildman–Crippen LogP) is 4.58. The molecule has 0 bridgehead atoms. The van der Waals surface area contributed by atoms with Crippen LogP contribution in [0, 0.1) is 0 Å². The Kier molecular flexibility index (Phi) is 6.13. The van der Waals surface area contributed by atoms with Crippen LogP contribution in [-0.2, 0) is 16.0 Å². The van der Waals surface area contributed by atoms with Gasteiger partial charge in [-0.05, 0) is 30.5 Å². The number of amides is 1. The van der Waals surface area contributed by atoms with Crippen molar-refractivity contribution in [1.29, 1.82) is 0 Å². The number of hydrogen-bond acceptors (Lipinski definition) is 5. The van der Waals surface area contributed by atoms with Crippen LogP contribution in [0.5, 0.6) is 0 Å². The maximum atomic E-state index is 12.5. The van der Waals surface area contributed by atoms with Crippen LogP contribution in [-0.4, -0.2) is 32.7 Å². The van der Waals surface area contributed by atoms with Gasteiger partial charge in [0.1, 0.15) is 15.8 Å². The average molecular weight is 402 g/mol. The second kappa shape index (κ2) is 8.54. The molecule has 7 heteroatoms. The van der Waals surface area contributed by atoms with E-state index in [1.165, 1.54) is 22.2 Å². The van der Waals surface area contributed by atoms with Crippen LogP contribution < -0.4 is 0 Å². The fourth-order valence-corrected chi connectivity index (χ4v) is 3.99. The van der Waals surface area contributed by atoms with E-state index in [9.17, 15) is 9.59 Å². The zero-order valence-corrected chi connectivity index (χ0v) is 16.4. The highest BCUT2D eigenvalue weighted by Crippen LogP contribution is 2.33. The Bertz CT molecular complexity index is 899. The van der Waals surface area contributed by atoms with Gasteiger partial charge >= 0.3 is 5.97 Å². The molecule has 140 valence electrons. The summed E-state index contributed by atoms with van der Waals surface area (Å²) in [5, 5.41) is 8.73. The van der Waals surface area contributed by atoms with Crippen LogP contribution in [0.3, 0.4) is 0 Å². The summed E-state index contributed by atoms with van der Waals surface area (Å²) in [4.78, 5) is 25.1. The van der Waals surface area contributed by atoms with Crippen LogP contribution in [0.15, 0.2) is 45.7 Å². The van der Waals surface area contributed by atoms with Crippen molar-refractivity contribution >= 4 is 46.3 Å². The molecule has 0 unspecified atom stereocenters. The number of carbonyl (C=O) groups is 2. The normalized spacial score (nSPS) is 15.7. The molecule has 27 heavy (non-hydrogen) atoms. The Hall–Kier alpha value is -2.38. The molecule has 0 radical (unpaired) electrons. The lowest BCUT2D eigenvalue weighted by atomic mass is 10.1. The number of hydrogen-bond donors (Lipinski definition) is 1. The summed E-state index contributed by atoms with van der Waals surface area (Å²) >= 11 is 6.45. The van der Waals surface area contributed by atoms with Gasteiger partial charge in [0, 0.05) is 24.6 Å². The molecule has 1 aromatic carbocycles. The van der Waals surface area contributed by atoms with Gasteiger partial charge in [-0.25, -0.2) is 0 Å². The summed E-state index contributed by atoms with van der Waals surface area (Å²) < 4.78 is 6.30. The van der Waals surface area contributed by atoms with E-state index in [0.717, 1.165) is 17.7 Å². The molecule has 0 saturated carbocycles. The molecule has 1 aliphatic rings. The molecule has 1 saturated heterocycles. The van der Waals surface area contributed by atoms with Crippen molar-refractivity contribution in [3.05, 3.63) is 52.6 Å². The maximum Gasteiger partial charge on any atom is 0.303 e. The van der Waals surface area contributed by atoms with E-state index < -0.39 is 5.97 Å². The monoisotopic (exact) mass is 401 g/mol. The number of aryl methyl sites for hydroxylation is 1. The highest BCUT2D eigenvalue weighted by molar-refractivity contribution is 8.26. The van der Waals surface area contributed by atoms with Crippen molar-refractivity contribution in [3.63, 3.8) is 0 Å². The fraction of sp³-hybridized carbons (Fsp3) is 0.250. The number of aliphatic carboxylic acids is 1. The summed E-state index contributed by atoms with van der Waals surface area (Å²) in [5.41, 5.74) is 2.24. The molecule has 1 N–H and O–H groups in total. The van der Waals surface area contributed by atoms with Crippen LogP contribution in [0.25, 0.3) is 17.4 Å². The number of thiocarbonyl (C=S) groups is 1. The smallest absolute Gasteiger partial charge is 0.303 e. The third kappa shape index (κ3) is 4.67. The first-order valence-corrected chi connectivity index (χ1v) is 9.86. The number of nitrogens with zero attached hydrogens (tertiary/aromatic N) is 1. The summed E-state index contributed by atoms with van der Waals surface area (Å²) in [5.74, 6) is 0.225. The lowest BCUT2D eigenvalue weighted by Gasteiger charge is -2.13. The molecule has 2 heterocycles. The second-order valence-electron chi connectivity index (χ2n) is 6.08. The van der Waals surface area contributed by atoms with Crippen LogP contribution in [0.4, 0.5) is 0 Å². The Morgan fingerprint density at radius 1 is 1.26 bits per heavy atom. The van der Waals surface area contributed by atoms with Gasteiger partial charge in [-0.3, -0.25) is 14.5 Å². The van der Waals surface area contributed by atoms with Crippen molar-refractivity contribution in [1.82, 2.24) is 4.90 Å².